The Labute approximate surface area is 371 Å². The van der Waals surface area contributed by atoms with Crippen molar-refractivity contribution in [3.05, 3.63) is 249 Å². The highest BCUT2D eigenvalue weighted by Gasteiger charge is 2.18. The van der Waals surface area contributed by atoms with E-state index < -0.39 is 0 Å². The van der Waals surface area contributed by atoms with E-state index in [9.17, 15) is 0 Å². The molecule has 0 saturated carbocycles. The first kappa shape index (κ1) is 37.2. The third-order valence-corrected chi connectivity index (χ3v) is 12.4. The van der Waals surface area contributed by atoms with E-state index in [2.05, 4.69) is 251 Å². The average molecular weight is 820 g/mol. The van der Waals surface area contributed by atoms with Crippen LogP contribution in [0, 0.1) is 0 Å². The predicted octanol–water partition coefficient (Wildman–Crippen LogP) is 17.0. The van der Waals surface area contributed by atoms with Crippen LogP contribution in [0.15, 0.2) is 253 Å². The first-order chi connectivity index (χ1) is 31.7. The van der Waals surface area contributed by atoms with Crippen LogP contribution >= 0.6 is 0 Å². The van der Waals surface area contributed by atoms with Crippen LogP contribution < -0.4 is 9.80 Å². The minimum Gasteiger partial charge on any atom is -0.456 e. The normalized spacial score (nSPS) is 11.4. The molecule has 0 atom stereocenters. The number of furan rings is 1. The number of hydrogen-bond donors (Lipinski definition) is 0. The maximum absolute atomic E-state index is 6.26. The molecule has 302 valence electrons. The Balaban J connectivity index is 0.980. The fourth-order valence-corrected chi connectivity index (χ4v) is 9.32. The highest BCUT2D eigenvalue weighted by Crippen LogP contribution is 2.41. The van der Waals surface area contributed by atoms with Gasteiger partial charge in [-0.15, -0.1) is 0 Å². The minimum atomic E-state index is 0.887. The number of fused-ring (bicyclic) bond motifs is 6. The second kappa shape index (κ2) is 15.7. The Kier molecular flexibility index (Phi) is 9.12. The third kappa shape index (κ3) is 6.57. The maximum Gasteiger partial charge on any atom is 0.135 e. The van der Waals surface area contributed by atoms with Crippen molar-refractivity contribution in [2.45, 2.75) is 0 Å². The molecule has 4 nitrogen and oxygen atoms in total. The van der Waals surface area contributed by atoms with E-state index in [1.807, 2.05) is 12.1 Å². The summed E-state index contributed by atoms with van der Waals surface area (Å²) in [6.07, 6.45) is 0. The van der Waals surface area contributed by atoms with Gasteiger partial charge in [0.2, 0.25) is 0 Å². The predicted molar refractivity (Wildman–Crippen MR) is 268 cm³/mol. The van der Waals surface area contributed by atoms with Crippen molar-refractivity contribution in [3.63, 3.8) is 0 Å². The van der Waals surface area contributed by atoms with Gasteiger partial charge in [0.05, 0.1) is 11.0 Å². The third-order valence-electron chi connectivity index (χ3n) is 12.4. The zero-order valence-corrected chi connectivity index (χ0v) is 34.9. The molecule has 0 aliphatic rings. The standard InChI is InChI=1S/C60H41N3O/c1-5-15-46(16-6-1)61(47-17-7-2-8-18-47)50-31-25-42(26-32-50)44-29-36-57-54(39-44)55-40-45(30-37-58(55)63(57)52-35-38-60-56(41-52)53-23-13-14-24-59(53)64-60)43-27-33-51(34-28-43)62(48-19-9-3-10-20-48)49-21-11-4-12-22-49/h1-41H. The van der Waals surface area contributed by atoms with Crippen LogP contribution in [0.4, 0.5) is 34.1 Å². The molecule has 2 aromatic heterocycles. The van der Waals surface area contributed by atoms with Crippen LogP contribution in [0.1, 0.15) is 0 Å². The zero-order chi connectivity index (χ0) is 42.4. The zero-order valence-electron chi connectivity index (χ0n) is 34.9. The number of benzene rings is 10. The van der Waals surface area contributed by atoms with Crippen molar-refractivity contribution in [2.24, 2.45) is 0 Å². The van der Waals surface area contributed by atoms with Gasteiger partial charge in [0.15, 0.2) is 0 Å². The first-order valence-electron chi connectivity index (χ1n) is 21.7. The van der Waals surface area contributed by atoms with E-state index in [1.54, 1.807) is 0 Å². The molecule has 0 spiro atoms. The van der Waals surface area contributed by atoms with Crippen molar-refractivity contribution in [2.75, 3.05) is 9.80 Å². The van der Waals surface area contributed by atoms with Crippen LogP contribution in [0.2, 0.25) is 0 Å². The van der Waals surface area contributed by atoms with E-state index >= 15 is 0 Å². The highest BCUT2D eigenvalue weighted by atomic mass is 16.3. The molecule has 2 heterocycles. The first-order valence-corrected chi connectivity index (χ1v) is 21.7. The van der Waals surface area contributed by atoms with Crippen molar-refractivity contribution in [1.29, 1.82) is 0 Å². The molecule has 0 fully saturated rings. The lowest BCUT2D eigenvalue weighted by molar-refractivity contribution is 0.669. The lowest BCUT2D eigenvalue weighted by Gasteiger charge is -2.25. The smallest absolute Gasteiger partial charge is 0.135 e. The molecule has 0 aliphatic heterocycles. The summed E-state index contributed by atoms with van der Waals surface area (Å²) in [6, 6.07) is 88.8. The summed E-state index contributed by atoms with van der Waals surface area (Å²) >= 11 is 0. The molecule has 0 amide bonds. The van der Waals surface area contributed by atoms with Gasteiger partial charge >= 0.3 is 0 Å². The summed E-state index contributed by atoms with van der Waals surface area (Å²) in [7, 11) is 0. The molecule has 12 aromatic rings. The fourth-order valence-electron chi connectivity index (χ4n) is 9.32. The van der Waals surface area contributed by atoms with Gasteiger partial charge in [-0.1, -0.05) is 127 Å². The minimum absolute atomic E-state index is 0.887. The summed E-state index contributed by atoms with van der Waals surface area (Å²) in [4.78, 5) is 4.60. The fraction of sp³-hybridized carbons (Fsp3) is 0. The molecular formula is C60H41N3O. The quantitative estimate of drug-likeness (QED) is 0.145. The Morgan fingerprint density at radius 3 is 1.09 bits per heavy atom. The SMILES string of the molecule is c1ccc(N(c2ccccc2)c2ccc(-c3ccc4c(c3)c3cc(-c5ccc(N(c6ccccc6)c6ccccc6)cc5)ccc3n4-c3ccc4oc5ccccc5c4c3)cc2)cc1. The monoisotopic (exact) mass is 819 g/mol. The van der Waals surface area contributed by atoms with E-state index in [0.717, 1.165) is 95.0 Å². The van der Waals surface area contributed by atoms with Gasteiger partial charge in [-0.2, -0.15) is 0 Å². The second-order valence-electron chi connectivity index (χ2n) is 16.2. The molecule has 4 heteroatoms. The van der Waals surface area contributed by atoms with Crippen molar-refractivity contribution >= 4 is 77.9 Å². The lowest BCUT2D eigenvalue weighted by Crippen LogP contribution is -2.09. The lowest BCUT2D eigenvalue weighted by atomic mass is 9.99. The summed E-state index contributed by atoms with van der Waals surface area (Å²) in [6.45, 7) is 0. The van der Waals surface area contributed by atoms with Crippen LogP contribution in [-0.4, -0.2) is 4.57 Å². The largest absolute Gasteiger partial charge is 0.456 e. The van der Waals surface area contributed by atoms with Crippen LogP contribution in [0.5, 0.6) is 0 Å². The Hall–Kier alpha value is -8.60. The van der Waals surface area contributed by atoms with Gasteiger partial charge in [0, 0.05) is 61.4 Å². The van der Waals surface area contributed by atoms with Crippen LogP contribution in [0.3, 0.4) is 0 Å². The second-order valence-corrected chi connectivity index (χ2v) is 16.2. The molecule has 0 bridgehead atoms. The Morgan fingerprint density at radius 1 is 0.266 bits per heavy atom. The Morgan fingerprint density at radius 2 is 0.641 bits per heavy atom. The molecule has 64 heavy (non-hydrogen) atoms. The number of hydrogen-bond acceptors (Lipinski definition) is 3. The van der Waals surface area contributed by atoms with Crippen LogP contribution in [-0.2, 0) is 0 Å². The Bertz CT molecular complexity index is 3320. The highest BCUT2D eigenvalue weighted by molar-refractivity contribution is 6.12. The van der Waals surface area contributed by atoms with Crippen molar-refractivity contribution in [3.8, 4) is 27.9 Å². The topological polar surface area (TPSA) is 24.6 Å². The number of para-hydroxylation sites is 5. The number of anilines is 6. The van der Waals surface area contributed by atoms with Gasteiger partial charge in [-0.3, -0.25) is 0 Å². The molecule has 0 unspecified atom stereocenters. The molecule has 0 aliphatic carbocycles. The van der Waals surface area contributed by atoms with Gasteiger partial charge in [-0.05, 0) is 144 Å². The van der Waals surface area contributed by atoms with E-state index in [1.165, 1.54) is 10.8 Å². The molecule has 12 rings (SSSR count). The maximum atomic E-state index is 6.26. The summed E-state index contributed by atoms with van der Waals surface area (Å²) < 4.78 is 8.66. The van der Waals surface area contributed by atoms with Crippen molar-refractivity contribution < 1.29 is 4.42 Å². The molecule has 0 radical (unpaired) electrons. The average Bonchev–Trinajstić information content (AvgIpc) is 3.90. The van der Waals surface area contributed by atoms with Crippen molar-refractivity contribution in [1.82, 2.24) is 4.57 Å². The number of rotatable bonds is 9. The van der Waals surface area contributed by atoms with Gasteiger partial charge in [-0.25, -0.2) is 0 Å². The molecule has 0 saturated heterocycles. The van der Waals surface area contributed by atoms with Gasteiger partial charge in [0.1, 0.15) is 11.2 Å². The summed E-state index contributed by atoms with van der Waals surface area (Å²) in [5.74, 6) is 0. The molecule has 0 N–H and O–H groups in total. The molecular weight excluding hydrogens is 779 g/mol. The van der Waals surface area contributed by atoms with Gasteiger partial charge < -0.3 is 18.8 Å². The van der Waals surface area contributed by atoms with Gasteiger partial charge in [0.25, 0.3) is 0 Å². The van der Waals surface area contributed by atoms with Crippen LogP contribution in [0.25, 0.3) is 71.7 Å². The number of nitrogens with zero attached hydrogens (tertiary/aromatic N) is 3. The molecule has 10 aromatic carbocycles. The van der Waals surface area contributed by atoms with E-state index in [4.69, 9.17) is 4.42 Å². The van der Waals surface area contributed by atoms with E-state index in [0.29, 0.717) is 0 Å². The summed E-state index contributed by atoms with van der Waals surface area (Å²) in [5, 5.41) is 4.62. The van der Waals surface area contributed by atoms with E-state index in [-0.39, 0.29) is 0 Å². The number of aromatic nitrogens is 1. The summed E-state index contributed by atoms with van der Waals surface area (Å²) in [5.41, 5.74) is 16.5.